The van der Waals surface area contributed by atoms with Crippen molar-refractivity contribution >= 4 is 11.9 Å². The molecule has 0 aliphatic heterocycles. The van der Waals surface area contributed by atoms with E-state index in [-0.39, 0.29) is 12.3 Å². The number of aromatic nitrogens is 2. The second-order valence-corrected chi connectivity index (χ2v) is 5.85. The molecule has 0 radical (unpaired) electrons. The Kier molecular flexibility index (Phi) is 5.93. The van der Waals surface area contributed by atoms with Crippen LogP contribution in [0.3, 0.4) is 0 Å². The Morgan fingerprint density at radius 3 is 2.43 bits per heavy atom. The molecule has 0 fully saturated rings. The molecule has 0 aromatic carbocycles. The lowest BCUT2D eigenvalue weighted by atomic mass is 10.1. The number of aryl methyl sites for hydroxylation is 1. The highest BCUT2D eigenvalue weighted by atomic mass is 16.4. The maximum atomic E-state index is 11.7. The van der Waals surface area contributed by atoms with Gasteiger partial charge in [0.2, 0.25) is 5.91 Å². The number of aliphatic carboxylic acids is 1. The molecule has 0 spiro atoms. The molecule has 1 aromatic heterocycles. The third-order valence-electron chi connectivity index (χ3n) is 3.42. The summed E-state index contributed by atoms with van der Waals surface area (Å²) in [5, 5.41) is 15.7. The average Bonchev–Trinajstić information content (AvgIpc) is 2.61. The lowest BCUT2D eigenvalue weighted by molar-refractivity contribution is -0.141. The van der Waals surface area contributed by atoms with Gasteiger partial charge in [0.05, 0.1) is 5.69 Å². The summed E-state index contributed by atoms with van der Waals surface area (Å²) in [5.41, 5.74) is 3.10. The summed E-state index contributed by atoms with van der Waals surface area (Å²) < 4.78 is 1.98. The summed E-state index contributed by atoms with van der Waals surface area (Å²) in [4.78, 5) is 22.4. The first kappa shape index (κ1) is 17.2. The second-order valence-electron chi connectivity index (χ2n) is 5.85. The van der Waals surface area contributed by atoms with E-state index >= 15 is 0 Å². The molecule has 0 aliphatic carbocycles. The zero-order valence-electron chi connectivity index (χ0n) is 13.4. The number of carbonyl (C=O) groups is 2. The van der Waals surface area contributed by atoms with Gasteiger partial charge in [-0.3, -0.25) is 14.3 Å². The third kappa shape index (κ3) is 4.88. The molecule has 0 unspecified atom stereocenters. The topological polar surface area (TPSA) is 84.2 Å². The molecule has 21 heavy (non-hydrogen) atoms. The number of amides is 1. The van der Waals surface area contributed by atoms with Gasteiger partial charge < -0.3 is 10.4 Å². The highest BCUT2D eigenvalue weighted by Crippen LogP contribution is 2.16. The standard InChI is InChI=1S/C15H25N3O3/c1-9(2)8-18-12(5)13(10(3)17-18)6-7-14(19)16-11(4)15(20)21/h9,11H,6-8H2,1-5H3,(H,16,19)(H,20,21)/t11-/m1/s1. The number of rotatable bonds is 7. The van der Waals surface area contributed by atoms with Crippen LogP contribution in [0.2, 0.25) is 0 Å². The van der Waals surface area contributed by atoms with E-state index in [1.807, 2.05) is 18.5 Å². The Labute approximate surface area is 125 Å². The molecule has 1 amide bonds. The average molecular weight is 295 g/mol. The Bertz CT molecular complexity index is 520. The van der Waals surface area contributed by atoms with Gasteiger partial charge in [0.1, 0.15) is 6.04 Å². The fourth-order valence-electron chi connectivity index (χ4n) is 2.23. The van der Waals surface area contributed by atoms with Gasteiger partial charge in [0.25, 0.3) is 0 Å². The Morgan fingerprint density at radius 1 is 1.29 bits per heavy atom. The quantitative estimate of drug-likeness (QED) is 0.801. The predicted molar refractivity (Wildman–Crippen MR) is 80.1 cm³/mol. The van der Waals surface area contributed by atoms with Crippen LogP contribution < -0.4 is 5.32 Å². The van der Waals surface area contributed by atoms with Crippen molar-refractivity contribution in [3.05, 3.63) is 17.0 Å². The van der Waals surface area contributed by atoms with Crippen molar-refractivity contribution in [3.8, 4) is 0 Å². The van der Waals surface area contributed by atoms with Crippen molar-refractivity contribution in [3.63, 3.8) is 0 Å². The smallest absolute Gasteiger partial charge is 0.325 e. The van der Waals surface area contributed by atoms with E-state index in [2.05, 4.69) is 24.3 Å². The lowest BCUT2D eigenvalue weighted by Crippen LogP contribution is -2.38. The minimum absolute atomic E-state index is 0.250. The Balaban J connectivity index is 2.65. The summed E-state index contributed by atoms with van der Waals surface area (Å²) in [6.45, 7) is 10.5. The summed E-state index contributed by atoms with van der Waals surface area (Å²) in [7, 11) is 0. The zero-order chi connectivity index (χ0) is 16.2. The minimum atomic E-state index is -1.03. The van der Waals surface area contributed by atoms with Crippen molar-refractivity contribution in [1.29, 1.82) is 0 Å². The molecular formula is C15H25N3O3. The summed E-state index contributed by atoms with van der Waals surface area (Å²) in [6.07, 6.45) is 0.848. The SMILES string of the molecule is Cc1nn(CC(C)C)c(C)c1CCC(=O)N[C@H](C)C(=O)O. The van der Waals surface area contributed by atoms with Crippen LogP contribution in [0.4, 0.5) is 0 Å². The fraction of sp³-hybridized carbons (Fsp3) is 0.667. The van der Waals surface area contributed by atoms with Crippen molar-refractivity contribution < 1.29 is 14.7 Å². The fourth-order valence-corrected chi connectivity index (χ4v) is 2.23. The van der Waals surface area contributed by atoms with Crippen LogP contribution in [-0.2, 0) is 22.6 Å². The number of carboxylic acids is 1. The molecular weight excluding hydrogens is 270 g/mol. The molecule has 1 atom stereocenters. The molecule has 2 N–H and O–H groups in total. The van der Waals surface area contributed by atoms with E-state index in [0.29, 0.717) is 12.3 Å². The lowest BCUT2D eigenvalue weighted by Gasteiger charge is -2.10. The molecule has 0 saturated carbocycles. The molecule has 1 aromatic rings. The van der Waals surface area contributed by atoms with Crippen LogP contribution >= 0.6 is 0 Å². The highest BCUT2D eigenvalue weighted by Gasteiger charge is 2.16. The van der Waals surface area contributed by atoms with E-state index in [9.17, 15) is 9.59 Å². The first-order valence-corrected chi connectivity index (χ1v) is 7.27. The van der Waals surface area contributed by atoms with Crippen LogP contribution in [0.5, 0.6) is 0 Å². The molecule has 6 nitrogen and oxygen atoms in total. The number of carboxylic acid groups (broad SMARTS) is 1. The predicted octanol–water partition coefficient (Wildman–Crippen LogP) is 1.68. The van der Waals surface area contributed by atoms with Crippen LogP contribution in [0, 0.1) is 19.8 Å². The van der Waals surface area contributed by atoms with Crippen LogP contribution in [0.1, 0.15) is 44.1 Å². The van der Waals surface area contributed by atoms with Crippen LogP contribution in [-0.4, -0.2) is 32.8 Å². The van der Waals surface area contributed by atoms with Gasteiger partial charge in [-0.15, -0.1) is 0 Å². The van der Waals surface area contributed by atoms with Gasteiger partial charge in [-0.2, -0.15) is 5.10 Å². The van der Waals surface area contributed by atoms with E-state index < -0.39 is 12.0 Å². The molecule has 6 heteroatoms. The van der Waals surface area contributed by atoms with Crippen molar-refractivity contribution in [2.45, 2.75) is 60.0 Å². The first-order valence-electron chi connectivity index (χ1n) is 7.27. The number of nitrogens with zero attached hydrogens (tertiary/aromatic N) is 2. The van der Waals surface area contributed by atoms with Crippen molar-refractivity contribution in [2.24, 2.45) is 5.92 Å². The van der Waals surface area contributed by atoms with Crippen LogP contribution in [0.25, 0.3) is 0 Å². The van der Waals surface area contributed by atoms with E-state index in [1.165, 1.54) is 6.92 Å². The highest BCUT2D eigenvalue weighted by molar-refractivity contribution is 5.83. The number of nitrogens with one attached hydrogen (secondary N) is 1. The second kappa shape index (κ2) is 7.24. The monoisotopic (exact) mass is 295 g/mol. The molecule has 0 bridgehead atoms. The summed E-state index contributed by atoms with van der Waals surface area (Å²) in [5.74, 6) is -0.767. The Hall–Kier alpha value is -1.85. The van der Waals surface area contributed by atoms with Gasteiger partial charge in [0.15, 0.2) is 0 Å². The van der Waals surface area contributed by atoms with Gasteiger partial charge >= 0.3 is 5.97 Å². The van der Waals surface area contributed by atoms with Crippen molar-refractivity contribution in [2.75, 3.05) is 0 Å². The molecule has 118 valence electrons. The van der Waals surface area contributed by atoms with Gasteiger partial charge in [0, 0.05) is 18.7 Å². The third-order valence-corrected chi connectivity index (χ3v) is 3.42. The largest absolute Gasteiger partial charge is 0.480 e. The summed E-state index contributed by atoms with van der Waals surface area (Å²) in [6, 6.07) is -0.858. The van der Waals surface area contributed by atoms with Gasteiger partial charge in [-0.25, -0.2) is 0 Å². The number of hydrogen-bond donors (Lipinski definition) is 2. The zero-order valence-corrected chi connectivity index (χ0v) is 13.4. The van der Waals surface area contributed by atoms with Gasteiger partial charge in [-0.1, -0.05) is 13.8 Å². The Morgan fingerprint density at radius 2 is 1.90 bits per heavy atom. The molecule has 0 saturated heterocycles. The maximum Gasteiger partial charge on any atom is 0.325 e. The van der Waals surface area contributed by atoms with Crippen molar-refractivity contribution in [1.82, 2.24) is 15.1 Å². The molecule has 0 aliphatic rings. The van der Waals surface area contributed by atoms with Crippen LogP contribution in [0.15, 0.2) is 0 Å². The molecule has 1 rings (SSSR count). The normalized spacial score (nSPS) is 12.5. The maximum absolute atomic E-state index is 11.7. The van der Waals surface area contributed by atoms with E-state index in [4.69, 9.17) is 5.11 Å². The first-order chi connectivity index (χ1) is 9.72. The van der Waals surface area contributed by atoms with Gasteiger partial charge in [-0.05, 0) is 38.7 Å². The van der Waals surface area contributed by atoms with E-state index in [1.54, 1.807) is 0 Å². The minimum Gasteiger partial charge on any atom is -0.480 e. The number of hydrogen-bond acceptors (Lipinski definition) is 3. The summed E-state index contributed by atoms with van der Waals surface area (Å²) >= 11 is 0. The van der Waals surface area contributed by atoms with E-state index in [0.717, 1.165) is 23.5 Å². The molecule has 1 heterocycles. The number of carbonyl (C=O) groups excluding carboxylic acids is 1.